The molecule has 0 aliphatic heterocycles. The Hall–Kier alpha value is 0.290. The highest BCUT2D eigenvalue weighted by Crippen LogP contribution is 2.04. The minimum absolute atomic E-state index is 0.335. The van der Waals surface area contributed by atoms with Gasteiger partial charge in [-0.3, -0.25) is 0 Å². The Morgan fingerprint density at radius 3 is 2.43 bits per heavy atom. The van der Waals surface area contributed by atoms with E-state index in [2.05, 4.69) is 6.92 Å². The van der Waals surface area contributed by atoms with E-state index in [-0.39, 0.29) is 0 Å². The van der Waals surface area contributed by atoms with Crippen LogP contribution in [0.4, 0.5) is 0 Å². The predicted octanol–water partition coefficient (Wildman–Crippen LogP) is 2.62. The molecule has 0 spiro atoms. The molecular formula is C6H12Cl. The van der Waals surface area contributed by atoms with E-state index in [0.717, 1.165) is 19.3 Å². The first-order chi connectivity index (χ1) is 3.27. The first-order valence-electron chi connectivity index (χ1n) is 2.70. The fourth-order valence-electron chi connectivity index (χ4n) is 0.426. The molecule has 0 aliphatic carbocycles. The number of halogens is 1. The molecule has 0 saturated carbocycles. The quantitative estimate of drug-likeness (QED) is 0.501. The molecule has 1 unspecified atom stereocenters. The predicted molar refractivity (Wildman–Crippen MR) is 34.5 cm³/mol. The Labute approximate surface area is 50.9 Å². The monoisotopic (exact) mass is 119 g/mol. The molecule has 0 bridgehead atoms. The highest BCUT2D eigenvalue weighted by molar-refractivity contribution is 6.20. The van der Waals surface area contributed by atoms with Crippen LogP contribution in [0.3, 0.4) is 0 Å². The van der Waals surface area contributed by atoms with Crippen molar-refractivity contribution in [2.45, 2.75) is 31.6 Å². The summed E-state index contributed by atoms with van der Waals surface area (Å²) in [6, 6.07) is 0. The van der Waals surface area contributed by atoms with E-state index in [1.807, 2.05) is 6.92 Å². The molecule has 0 aromatic rings. The largest absolute Gasteiger partial charge is 0.123 e. The molecule has 0 nitrogen and oxygen atoms in total. The minimum atomic E-state index is 0.335. The van der Waals surface area contributed by atoms with Gasteiger partial charge >= 0.3 is 0 Å². The van der Waals surface area contributed by atoms with Crippen molar-refractivity contribution in [2.75, 3.05) is 0 Å². The van der Waals surface area contributed by atoms with E-state index >= 15 is 0 Å². The molecule has 0 saturated heterocycles. The van der Waals surface area contributed by atoms with Crippen molar-refractivity contribution in [1.82, 2.24) is 0 Å². The van der Waals surface area contributed by atoms with Crippen LogP contribution in [0.15, 0.2) is 0 Å². The topological polar surface area (TPSA) is 0 Å². The maximum atomic E-state index is 5.63. The van der Waals surface area contributed by atoms with E-state index in [1.54, 1.807) is 0 Å². The van der Waals surface area contributed by atoms with Crippen LogP contribution in [-0.4, -0.2) is 5.38 Å². The molecule has 0 fully saturated rings. The molecule has 7 heavy (non-hydrogen) atoms. The Balaban J connectivity index is 2.68. The van der Waals surface area contributed by atoms with Crippen molar-refractivity contribution in [2.24, 2.45) is 0 Å². The van der Waals surface area contributed by atoms with Crippen LogP contribution in [0.1, 0.15) is 26.2 Å². The van der Waals surface area contributed by atoms with Crippen molar-refractivity contribution in [3.8, 4) is 0 Å². The molecule has 1 heteroatoms. The normalized spacial score (nSPS) is 14.1. The smallest absolute Gasteiger partial charge is 0.0307 e. The summed E-state index contributed by atoms with van der Waals surface area (Å²) in [5, 5.41) is 0.335. The van der Waals surface area contributed by atoms with E-state index in [1.165, 1.54) is 0 Å². The summed E-state index contributed by atoms with van der Waals surface area (Å²) in [4.78, 5) is 0. The van der Waals surface area contributed by atoms with Crippen LogP contribution in [0.5, 0.6) is 0 Å². The molecule has 0 aromatic carbocycles. The summed E-state index contributed by atoms with van der Waals surface area (Å²) >= 11 is 5.63. The zero-order chi connectivity index (χ0) is 5.70. The molecular weight excluding hydrogens is 108 g/mol. The highest BCUT2D eigenvalue weighted by atomic mass is 35.5. The van der Waals surface area contributed by atoms with Crippen LogP contribution in [0.2, 0.25) is 0 Å². The fraction of sp³-hybridized carbons (Fsp3) is 0.833. The van der Waals surface area contributed by atoms with Crippen LogP contribution in [0.25, 0.3) is 0 Å². The maximum absolute atomic E-state index is 5.63. The van der Waals surface area contributed by atoms with Gasteiger partial charge in [-0.2, -0.15) is 0 Å². The second-order valence-corrected chi connectivity index (χ2v) is 2.52. The molecule has 0 aromatic heterocycles. The van der Waals surface area contributed by atoms with Crippen LogP contribution >= 0.6 is 11.6 Å². The Morgan fingerprint density at radius 1 is 1.71 bits per heavy atom. The molecule has 0 N–H and O–H groups in total. The zero-order valence-electron chi connectivity index (χ0n) is 4.78. The van der Waals surface area contributed by atoms with Crippen molar-refractivity contribution < 1.29 is 0 Å². The van der Waals surface area contributed by atoms with Gasteiger partial charge in [-0.1, -0.05) is 19.8 Å². The van der Waals surface area contributed by atoms with E-state index in [0.29, 0.717) is 5.38 Å². The van der Waals surface area contributed by atoms with Gasteiger partial charge in [0.15, 0.2) is 0 Å². The van der Waals surface area contributed by atoms with Gasteiger partial charge in [0.05, 0.1) is 0 Å². The minimum Gasteiger partial charge on any atom is -0.123 e. The number of alkyl halides is 1. The average Bonchev–Trinajstić information content (AvgIpc) is 1.61. The second kappa shape index (κ2) is 4.45. The summed E-state index contributed by atoms with van der Waals surface area (Å²) < 4.78 is 0. The molecule has 0 amide bonds. The van der Waals surface area contributed by atoms with Crippen molar-refractivity contribution in [3.63, 3.8) is 0 Å². The molecule has 43 valence electrons. The summed E-state index contributed by atoms with van der Waals surface area (Å²) in [5.74, 6) is 0. The summed E-state index contributed by atoms with van der Waals surface area (Å²) in [7, 11) is 0. The summed E-state index contributed by atoms with van der Waals surface area (Å²) in [6.45, 7) is 5.71. The van der Waals surface area contributed by atoms with E-state index in [9.17, 15) is 0 Å². The van der Waals surface area contributed by atoms with Gasteiger partial charge in [0.1, 0.15) is 0 Å². The van der Waals surface area contributed by atoms with Crippen LogP contribution < -0.4 is 0 Å². The third-order valence-corrected chi connectivity index (χ3v) is 1.07. The average molecular weight is 120 g/mol. The second-order valence-electron chi connectivity index (χ2n) is 1.78. The molecule has 1 atom stereocenters. The Morgan fingerprint density at radius 2 is 2.29 bits per heavy atom. The van der Waals surface area contributed by atoms with Crippen molar-refractivity contribution >= 4 is 11.6 Å². The van der Waals surface area contributed by atoms with Crippen LogP contribution in [-0.2, 0) is 0 Å². The van der Waals surface area contributed by atoms with Gasteiger partial charge in [0, 0.05) is 5.38 Å². The number of rotatable bonds is 3. The number of hydrogen-bond acceptors (Lipinski definition) is 0. The van der Waals surface area contributed by atoms with E-state index in [4.69, 9.17) is 11.6 Å². The number of unbranched alkanes of at least 4 members (excludes halogenated alkanes) is 1. The lowest BCUT2D eigenvalue weighted by Crippen LogP contribution is -1.87. The fourth-order valence-corrected chi connectivity index (χ4v) is 0.580. The Kier molecular flexibility index (Phi) is 4.63. The third kappa shape index (κ3) is 6.29. The zero-order valence-corrected chi connectivity index (χ0v) is 5.54. The van der Waals surface area contributed by atoms with E-state index < -0.39 is 0 Å². The van der Waals surface area contributed by atoms with Gasteiger partial charge in [-0.25, -0.2) is 0 Å². The van der Waals surface area contributed by atoms with Crippen LogP contribution in [0, 0.1) is 6.92 Å². The lowest BCUT2D eigenvalue weighted by molar-refractivity contribution is 0.734. The number of hydrogen-bond donors (Lipinski definition) is 0. The third-order valence-electron chi connectivity index (χ3n) is 0.852. The first kappa shape index (κ1) is 7.29. The van der Waals surface area contributed by atoms with Gasteiger partial charge < -0.3 is 0 Å². The maximum Gasteiger partial charge on any atom is 0.0307 e. The Bertz CT molecular complexity index is 33.2. The molecule has 0 rings (SSSR count). The van der Waals surface area contributed by atoms with Gasteiger partial charge in [0.25, 0.3) is 0 Å². The standard InChI is InChI=1S/C6H12Cl/c1-3-4-5-6(2)7/h6H,1,3-5H2,2H3. The lowest BCUT2D eigenvalue weighted by atomic mass is 10.2. The molecule has 0 aliphatic rings. The summed E-state index contributed by atoms with van der Waals surface area (Å²) in [6.07, 6.45) is 3.27. The molecule has 1 radical (unpaired) electrons. The highest BCUT2D eigenvalue weighted by Gasteiger charge is 1.91. The van der Waals surface area contributed by atoms with Gasteiger partial charge in [-0.15, -0.1) is 11.6 Å². The molecule has 0 heterocycles. The lowest BCUT2D eigenvalue weighted by Gasteiger charge is -1.96. The van der Waals surface area contributed by atoms with Gasteiger partial charge in [0.2, 0.25) is 0 Å². The van der Waals surface area contributed by atoms with Crippen molar-refractivity contribution in [3.05, 3.63) is 6.92 Å². The first-order valence-corrected chi connectivity index (χ1v) is 3.14. The van der Waals surface area contributed by atoms with Gasteiger partial charge in [-0.05, 0) is 13.3 Å². The van der Waals surface area contributed by atoms with Crippen molar-refractivity contribution in [1.29, 1.82) is 0 Å². The summed E-state index contributed by atoms with van der Waals surface area (Å²) in [5.41, 5.74) is 0. The SMILES string of the molecule is [CH2]CCCC(C)Cl.